The molecule has 4 nitrogen and oxygen atoms in total. The molecule has 1 heterocycles. The molecular formula is C10H18N4S2. The van der Waals surface area contributed by atoms with E-state index in [2.05, 4.69) is 22.6 Å². The summed E-state index contributed by atoms with van der Waals surface area (Å²) in [6, 6.07) is 0.636. The van der Waals surface area contributed by atoms with E-state index in [0.717, 1.165) is 21.1 Å². The molecule has 6 heteroatoms. The molecule has 2 rings (SSSR count). The molecule has 1 aromatic heterocycles. The number of nitrogens with zero attached hydrogens (tertiary/aromatic N) is 3. The van der Waals surface area contributed by atoms with E-state index >= 15 is 0 Å². The first-order chi connectivity index (χ1) is 7.70. The Labute approximate surface area is 105 Å². The van der Waals surface area contributed by atoms with E-state index in [4.69, 9.17) is 0 Å². The molecule has 0 spiro atoms. The predicted octanol–water partition coefficient (Wildman–Crippen LogP) is 1.69. The summed E-state index contributed by atoms with van der Waals surface area (Å²) < 4.78 is 1.07. The Balaban J connectivity index is 1.83. The van der Waals surface area contributed by atoms with Crippen molar-refractivity contribution in [1.29, 1.82) is 0 Å². The number of thioether (sulfide) groups is 1. The lowest BCUT2D eigenvalue weighted by atomic mass is 10.2. The zero-order valence-corrected chi connectivity index (χ0v) is 11.6. The van der Waals surface area contributed by atoms with Gasteiger partial charge in [-0.05, 0) is 25.8 Å². The first kappa shape index (κ1) is 12.1. The maximum absolute atomic E-state index is 4.19. The molecule has 16 heavy (non-hydrogen) atoms. The van der Waals surface area contributed by atoms with Crippen molar-refractivity contribution in [3.8, 4) is 0 Å². The molecule has 0 aromatic carbocycles. The van der Waals surface area contributed by atoms with Crippen LogP contribution < -0.4 is 10.2 Å². The summed E-state index contributed by atoms with van der Waals surface area (Å²) in [5, 5.41) is 12.7. The van der Waals surface area contributed by atoms with Crippen LogP contribution in [-0.2, 0) is 0 Å². The molecule has 0 radical (unpaired) electrons. The number of anilines is 1. The number of hydrogen-bond donors (Lipinski definition) is 1. The molecule has 1 aliphatic carbocycles. The lowest BCUT2D eigenvalue weighted by molar-refractivity contribution is 0.553. The summed E-state index contributed by atoms with van der Waals surface area (Å²) in [6.07, 6.45) is 2.76. The molecule has 1 aromatic rings. The minimum Gasteiger partial charge on any atom is -0.353 e. The van der Waals surface area contributed by atoms with E-state index in [1.54, 1.807) is 11.3 Å². The SMILES string of the molecule is CNC(CSc1nnc(N(C)C)s1)C1CC1. The molecule has 1 atom stereocenters. The maximum Gasteiger partial charge on any atom is 0.208 e. The second-order valence-corrected chi connectivity index (χ2v) is 6.51. The fourth-order valence-corrected chi connectivity index (χ4v) is 3.58. The first-order valence-corrected chi connectivity index (χ1v) is 7.32. The Kier molecular flexibility index (Phi) is 4.05. The highest BCUT2D eigenvalue weighted by molar-refractivity contribution is 8.01. The molecule has 0 saturated heterocycles. The Morgan fingerprint density at radius 1 is 1.50 bits per heavy atom. The van der Waals surface area contributed by atoms with Crippen LogP contribution in [0.4, 0.5) is 5.13 Å². The minimum atomic E-state index is 0.636. The number of aromatic nitrogens is 2. The minimum absolute atomic E-state index is 0.636. The van der Waals surface area contributed by atoms with Crippen LogP contribution in [0, 0.1) is 5.92 Å². The third-order valence-corrected chi connectivity index (χ3v) is 5.07. The summed E-state index contributed by atoms with van der Waals surface area (Å²) in [5.74, 6) is 1.99. The number of rotatable bonds is 6. The van der Waals surface area contributed by atoms with Crippen molar-refractivity contribution in [2.45, 2.75) is 23.2 Å². The van der Waals surface area contributed by atoms with Gasteiger partial charge in [-0.1, -0.05) is 23.1 Å². The van der Waals surface area contributed by atoms with Crippen LogP contribution in [0.15, 0.2) is 4.34 Å². The van der Waals surface area contributed by atoms with Crippen LogP contribution >= 0.6 is 23.1 Å². The molecule has 0 aliphatic heterocycles. The van der Waals surface area contributed by atoms with E-state index < -0.39 is 0 Å². The van der Waals surface area contributed by atoms with E-state index in [1.165, 1.54) is 12.8 Å². The Bertz CT molecular complexity index is 335. The van der Waals surface area contributed by atoms with Crippen LogP contribution in [0.5, 0.6) is 0 Å². The van der Waals surface area contributed by atoms with E-state index in [1.807, 2.05) is 30.8 Å². The van der Waals surface area contributed by atoms with Crippen molar-refractivity contribution in [3.63, 3.8) is 0 Å². The van der Waals surface area contributed by atoms with Crippen molar-refractivity contribution < 1.29 is 0 Å². The van der Waals surface area contributed by atoms with Crippen molar-refractivity contribution in [2.24, 2.45) is 5.92 Å². The summed E-state index contributed by atoms with van der Waals surface area (Å²) in [6.45, 7) is 0. The van der Waals surface area contributed by atoms with E-state index in [9.17, 15) is 0 Å². The highest BCUT2D eigenvalue weighted by Gasteiger charge is 2.30. The second-order valence-electron chi connectivity index (χ2n) is 4.29. The Hall–Kier alpha value is -0.330. The predicted molar refractivity (Wildman–Crippen MR) is 70.5 cm³/mol. The first-order valence-electron chi connectivity index (χ1n) is 5.51. The molecule has 1 unspecified atom stereocenters. The van der Waals surface area contributed by atoms with Crippen molar-refractivity contribution >= 4 is 28.2 Å². The van der Waals surface area contributed by atoms with Gasteiger partial charge < -0.3 is 10.2 Å². The van der Waals surface area contributed by atoms with Crippen LogP contribution in [0.3, 0.4) is 0 Å². The summed E-state index contributed by atoms with van der Waals surface area (Å²) in [4.78, 5) is 2.00. The van der Waals surface area contributed by atoms with Gasteiger partial charge >= 0.3 is 0 Å². The highest BCUT2D eigenvalue weighted by atomic mass is 32.2. The topological polar surface area (TPSA) is 41.1 Å². The maximum atomic E-state index is 4.19. The highest BCUT2D eigenvalue weighted by Crippen LogP contribution is 2.36. The normalized spacial score (nSPS) is 17.4. The van der Waals surface area contributed by atoms with Gasteiger partial charge in [0.15, 0.2) is 4.34 Å². The molecule has 0 amide bonds. The molecule has 1 saturated carbocycles. The fourth-order valence-electron chi connectivity index (χ4n) is 1.56. The zero-order chi connectivity index (χ0) is 11.5. The smallest absolute Gasteiger partial charge is 0.208 e. The van der Waals surface area contributed by atoms with Gasteiger partial charge in [-0.3, -0.25) is 0 Å². The van der Waals surface area contributed by atoms with Gasteiger partial charge in [-0.15, -0.1) is 10.2 Å². The van der Waals surface area contributed by atoms with Gasteiger partial charge in [0.05, 0.1) is 0 Å². The fraction of sp³-hybridized carbons (Fsp3) is 0.800. The number of nitrogens with one attached hydrogen (secondary N) is 1. The molecular weight excluding hydrogens is 240 g/mol. The van der Waals surface area contributed by atoms with Crippen molar-refractivity contribution in [1.82, 2.24) is 15.5 Å². The van der Waals surface area contributed by atoms with Crippen LogP contribution in [0.1, 0.15) is 12.8 Å². The van der Waals surface area contributed by atoms with Gasteiger partial charge in [0.2, 0.25) is 5.13 Å². The van der Waals surface area contributed by atoms with Crippen LogP contribution in [-0.4, -0.2) is 43.1 Å². The van der Waals surface area contributed by atoms with Gasteiger partial charge in [0, 0.05) is 25.9 Å². The second kappa shape index (κ2) is 5.33. The summed E-state index contributed by atoms with van der Waals surface area (Å²) >= 11 is 3.48. The number of hydrogen-bond acceptors (Lipinski definition) is 6. The van der Waals surface area contributed by atoms with Gasteiger partial charge in [0.1, 0.15) is 0 Å². The van der Waals surface area contributed by atoms with Crippen LogP contribution in [0.25, 0.3) is 0 Å². The summed E-state index contributed by atoms with van der Waals surface area (Å²) in [7, 11) is 6.04. The lowest BCUT2D eigenvalue weighted by Crippen LogP contribution is -2.29. The quantitative estimate of drug-likeness (QED) is 0.787. The van der Waals surface area contributed by atoms with Gasteiger partial charge in [0.25, 0.3) is 0 Å². The van der Waals surface area contributed by atoms with Crippen molar-refractivity contribution in [3.05, 3.63) is 0 Å². The lowest BCUT2D eigenvalue weighted by Gasteiger charge is -2.12. The Morgan fingerprint density at radius 3 is 2.75 bits per heavy atom. The van der Waals surface area contributed by atoms with Gasteiger partial charge in [-0.25, -0.2) is 0 Å². The summed E-state index contributed by atoms with van der Waals surface area (Å²) in [5.41, 5.74) is 0. The molecule has 1 fully saturated rings. The van der Waals surface area contributed by atoms with E-state index in [0.29, 0.717) is 6.04 Å². The average molecular weight is 258 g/mol. The largest absolute Gasteiger partial charge is 0.353 e. The zero-order valence-electron chi connectivity index (χ0n) is 9.93. The van der Waals surface area contributed by atoms with Gasteiger partial charge in [-0.2, -0.15) is 0 Å². The van der Waals surface area contributed by atoms with E-state index in [-0.39, 0.29) is 0 Å². The average Bonchev–Trinajstić information content (AvgIpc) is 2.97. The van der Waals surface area contributed by atoms with Crippen LogP contribution in [0.2, 0.25) is 0 Å². The molecule has 1 aliphatic rings. The molecule has 90 valence electrons. The standard InChI is InChI=1S/C10H18N4S2/c1-11-8(7-4-5-7)6-15-10-13-12-9(16-10)14(2)3/h7-8,11H,4-6H2,1-3H3. The third-order valence-electron chi connectivity index (χ3n) is 2.73. The monoisotopic (exact) mass is 258 g/mol. The molecule has 1 N–H and O–H groups in total. The van der Waals surface area contributed by atoms with Crippen molar-refractivity contribution in [2.75, 3.05) is 31.8 Å². The Morgan fingerprint density at radius 2 is 2.25 bits per heavy atom. The molecule has 0 bridgehead atoms. The third kappa shape index (κ3) is 3.09.